The molecule has 4 heteroatoms. The van der Waals surface area contributed by atoms with Crippen molar-refractivity contribution in [2.24, 2.45) is 5.92 Å². The average molecular weight is 275 g/mol. The second-order valence-corrected chi connectivity index (χ2v) is 5.74. The summed E-state index contributed by atoms with van der Waals surface area (Å²) in [4.78, 5) is 24.0. The maximum atomic E-state index is 12.3. The molecule has 0 bridgehead atoms. The molecular formula is C16H21NO3. The van der Waals surface area contributed by atoms with Gasteiger partial charge in [-0.3, -0.25) is 4.79 Å². The Balaban J connectivity index is 2.22. The molecule has 20 heavy (non-hydrogen) atoms. The maximum absolute atomic E-state index is 12.3. The minimum atomic E-state index is -1.12. The molecule has 1 aliphatic rings. The van der Waals surface area contributed by atoms with Gasteiger partial charge in [0.05, 0.1) is 0 Å². The second-order valence-electron chi connectivity index (χ2n) is 5.74. The van der Waals surface area contributed by atoms with Crippen LogP contribution in [0.3, 0.4) is 0 Å². The van der Waals surface area contributed by atoms with E-state index >= 15 is 0 Å². The van der Waals surface area contributed by atoms with Gasteiger partial charge in [-0.25, -0.2) is 4.79 Å². The highest BCUT2D eigenvalue weighted by molar-refractivity contribution is 5.98. The Morgan fingerprint density at radius 1 is 1.25 bits per heavy atom. The summed E-state index contributed by atoms with van der Waals surface area (Å²) >= 11 is 0. The number of nitrogens with one attached hydrogen (secondary N) is 1. The molecule has 2 atom stereocenters. The van der Waals surface area contributed by atoms with Gasteiger partial charge in [-0.1, -0.05) is 37.5 Å². The Hall–Kier alpha value is -1.84. The van der Waals surface area contributed by atoms with Crippen molar-refractivity contribution in [3.63, 3.8) is 0 Å². The van der Waals surface area contributed by atoms with Crippen molar-refractivity contribution < 1.29 is 14.7 Å². The van der Waals surface area contributed by atoms with Crippen molar-refractivity contribution in [2.75, 3.05) is 0 Å². The number of benzene rings is 1. The summed E-state index contributed by atoms with van der Waals surface area (Å²) in [7, 11) is 0. The number of hydrogen-bond donors (Lipinski definition) is 2. The Kier molecular flexibility index (Phi) is 4.12. The molecule has 1 aromatic rings. The summed E-state index contributed by atoms with van der Waals surface area (Å²) in [5, 5.41) is 12.4. The van der Waals surface area contributed by atoms with Gasteiger partial charge in [0.25, 0.3) is 5.91 Å². The predicted octanol–water partition coefficient (Wildman–Crippen LogP) is 2.76. The Morgan fingerprint density at radius 2 is 1.90 bits per heavy atom. The third-order valence-electron chi connectivity index (χ3n) is 4.33. The lowest BCUT2D eigenvalue weighted by atomic mass is 9.73. The van der Waals surface area contributed by atoms with Gasteiger partial charge in [0, 0.05) is 5.56 Å². The minimum absolute atomic E-state index is 0.0526. The summed E-state index contributed by atoms with van der Waals surface area (Å²) in [6, 6.07) is 7.17. The lowest BCUT2D eigenvalue weighted by molar-refractivity contribution is -0.148. The van der Waals surface area contributed by atoms with Gasteiger partial charge in [0.15, 0.2) is 0 Å². The van der Waals surface area contributed by atoms with Crippen molar-refractivity contribution in [1.82, 2.24) is 5.32 Å². The first-order valence-corrected chi connectivity index (χ1v) is 7.08. The van der Waals surface area contributed by atoms with E-state index in [1.165, 1.54) is 0 Å². The minimum Gasteiger partial charge on any atom is -0.479 e. The van der Waals surface area contributed by atoms with Crippen molar-refractivity contribution in [3.8, 4) is 0 Å². The molecule has 1 fully saturated rings. The first-order chi connectivity index (χ1) is 9.45. The highest BCUT2D eigenvalue weighted by Gasteiger charge is 2.46. The lowest BCUT2D eigenvalue weighted by Crippen LogP contribution is -2.60. The normalized spacial score (nSPS) is 26.0. The van der Waals surface area contributed by atoms with E-state index in [1.807, 2.05) is 26.0 Å². The van der Waals surface area contributed by atoms with Gasteiger partial charge in [0.1, 0.15) is 5.54 Å². The van der Waals surface area contributed by atoms with Crippen LogP contribution in [0.4, 0.5) is 0 Å². The van der Waals surface area contributed by atoms with Crippen molar-refractivity contribution in [1.29, 1.82) is 0 Å². The van der Waals surface area contributed by atoms with Crippen LogP contribution in [0.25, 0.3) is 0 Å². The van der Waals surface area contributed by atoms with Crippen molar-refractivity contribution in [2.45, 2.75) is 45.1 Å². The number of carbonyl (C=O) groups is 2. The number of carbonyl (C=O) groups excluding carboxylic acids is 1. The molecule has 2 N–H and O–H groups in total. The Morgan fingerprint density at radius 3 is 2.45 bits per heavy atom. The zero-order valence-corrected chi connectivity index (χ0v) is 12.0. The molecule has 2 rings (SSSR count). The van der Waals surface area contributed by atoms with E-state index in [0.29, 0.717) is 12.0 Å². The van der Waals surface area contributed by atoms with Crippen LogP contribution in [0.1, 0.15) is 48.5 Å². The largest absolute Gasteiger partial charge is 0.479 e. The van der Waals surface area contributed by atoms with E-state index in [4.69, 9.17) is 0 Å². The van der Waals surface area contributed by atoms with Crippen LogP contribution in [0.15, 0.2) is 24.3 Å². The second kappa shape index (κ2) is 5.65. The number of aryl methyl sites for hydroxylation is 1. The van der Waals surface area contributed by atoms with Crippen LogP contribution in [0.5, 0.6) is 0 Å². The van der Waals surface area contributed by atoms with Gasteiger partial charge in [0.2, 0.25) is 0 Å². The molecule has 1 saturated carbocycles. The smallest absolute Gasteiger partial charge is 0.329 e. The molecule has 2 unspecified atom stereocenters. The number of hydrogen-bond acceptors (Lipinski definition) is 2. The highest BCUT2D eigenvalue weighted by atomic mass is 16.4. The van der Waals surface area contributed by atoms with Gasteiger partial charge < -0.3 is 10.4 Å². The van der Waals surface area contributed by atoms with Crippen molar-refractivity contribution in [3.05, 3.63) is 35.4 Å². The predicted molar refractivity (Wildman–Crippen MR) is 76.6 cm³/mol. The fourth-order valence-corrected chi connectivity index (χ4v) is 2.88. The van der Waals surface area contributed by atoms with Gasteiger partial charge in [-0.2, -0.15) is 0 Å². The third kappa shape index (κ3) is 2.69. The van der Waals surface area contributed by atoms with E-state index < -0.39 is 11.5 Å². The Labute approximate surface area is 119 Å². The summed E-state index contributed by atoms with van der Waals surface area (Å²) in [5.41, 5.74) is 0.453. The molecule has 0 heterocycles. The first-order valence-electron chi connectivity index (χ1n) is 7.08. The fraction of sp³-hybridized carbons (Fsp3) is 0.500. The third-order valence-corrected chi connectivity index (χ3v) is 4.33. The van der Waals surface area contributed by atoms with Gasteiger partial charge >= 0.3 is 5.97 Å². The fourth-order valence-electron chi connectivity index (χ4n) is 2.88. The van der Waals surface area contributed by atoms with Crippen LogP contribution >= 0.6 is 0 Å². The summed E-state index contributed by atoms with van der Waals surface area (Å²) in [5.74, 6) is -1.28. The topological polar surface area (TPSA) is 66.4 Å². The quantitative estimate of drug-likeness (QED) is 0.891. The monoisotopic (exact) mass is 275 g/mol. The molecule has 108 valence electrons. The number of carboxylic acid groups (broad SMARTS) is 1. The van der Waals surface area contributed by atoms with E-state index in [2.05, 4.69) is 5.32 Å². The van der Waals surface area contributed by atoms with Gasteiger partial charge in [-0.15, -0.1) is 0 Å². The number of aliphatic carboxylic acids is 1. The molecule has 1 aliphatic carbocycles. The highest BCUT2D eigenvalue weighted by Crippen LogP contribution is 2.34. The molecule has 0 aromatic heterocycles. The standard InChI is InChI=1S/C16H21NO3/c1-11-6-8-13(9-7-11)14(18)17-16(15(19)20)10-4-3-5-12(16)2/h6-9,12H,3-5,10H2,1-2H3,(H,17,18)(H,19,20). The molecule has 0 spiro atoms. The Bertz CT molecular complexity index is 509. The average Bonchev–Trinajstić information content (AvgIpc) is 2.42. The molecule has 4 nitrogen and oxygen atoms in total. The van der Waals surface area contributed by atoms with Crippen LogP contribution in [-0.2, 0) is 4.79 Å². The number of carboxylic acids is 1. The molecule has 0 aliphatic heterocycles. The molecule has 0 saturated heterocycles. The molecule has 0 radical (unpaired) electrons. The summed E-state index contributed by atoms with van der Waals surface area (Å²) in [6.07, 6.45) is 3.20. The molecule has 1 amide bonds. The number of amides is 1. The van der Waals surface area contributed by atoms with Crippen LogP contribution in [-0.4, -0.2) is 22.5 Å². The van der Waals surface area contributed by atoms with E-state index in [1.54, 1.807) is 12.1 Å². The lowest BCUT2D eigenvalue weighted by Gasteiger charge is -2.39. The van der Waals surface area contributed by atoms with Crippen molar-refractivity contribution >= 4 is 11.9 Å². The van der Waals surface area contributed by atoms with Gasteiger partial charge in [-0.05, 0) is 37.8 Å². The van der Waals surface area contributed by atoms with Crippen LogP contribution in [0.2, 0.25) is 0 Å². The maximum Gasteiger partial charge on any atom is 0.329 e. The van der Waals surface area contributed by atoms with E-state index in [0.717, 1.165) is 24.8 Å². The van der Waals surface area contributed by atoms with Crippen LogP contribution in [0, 0.1) is 12.8 Å². The van der Waals surface area contributed by atoms with E-state index in [9.17, 15) is 14.7 Å². The summed E-state index contributed by atoms with van der Waals surface area (Å²) < 4.78 is 0. The summed E-state index contributed by atoms with van der Waals surface area (Å²) in [6.45, 7) is 3.85. The zero-order chi connectivity index (χ0) is 14.8. The SMILES string of the molecule is Cc1ccc(C(=O)NC2(C(=O)O)CCCCC2C)cc1. The molecule has 1 aromatic carbocycles. The van der Waals surface area contributed by atoms with E-state index in [-0.39, 0.29) is 11.8 Å². The first kappa shape index (κ1) is 14.6. The number of rotatable bonds is 3. The molecular weight excluding hydrogens is 254 g/mol. The van der Waals surface area contributed by atoms with Crippen LogP contribution < -0.4 is 5.32 Å². The zero-order valence-electron chi connectivity index (χ0n) is 12.0.